The first-order valence-corrected chi connectivity index (χ1v) is 11.4. The summed E-state index contributed by atoms with van der Waals surface area (Å²) in [5.74, 6) is 7.78. The summed E-state index contributed by atoms with van der Waals surface area (Å²) in [7, 11) is 1.66. The molecular formula is C25H25N3O2S. The molecule has 1 saturated heterocycles. The molecule has 2 N–H and O–H groups in total. The average Bonchev–Trinajstić information content (AvgIpc) is 3.48. The first-order chi connectivity index (χ1) is 15.2. The van der Waals surface area contributed by atoms with Crippen LogP contribution in [-0.4, -0.2) is 41.3 Å². The molecule has 3 aromatic rings. The maximum atomic E-state index is 9.99. The topological polar surface area (TPSA) is 57.6 Å². The number of rotatable bonds is 4. The van der Waals surface area contributed by atoms with Crippen molar-refractivity contribution in [2.45, 2.75) is 25.0 Å². The van der Waals surface area contributed by atoms with E-state index in [2.05, 4.69) is 45.2 Å². The summed E-state index contributed by atoms with van der Waals surface area (Å²) in [5, 5.41) is 16.7. The highest BCUT2D eigenvalue weighted by atomic mass is 32.1. The van der Waals surface area contributed by atoms with Crippen molar-refractivity contribution in [3.05, 3.63) is 75.7 Å². The van der Waals surface area contributed by atoms with Crippen molar-refractivity contribution in [1.29, 1.82) is 0 Å². The molecule has 6 heteroatoms. The van der Waals surface area contributed by atoms with Gasteiger partial charge in [0.05, 0.1) is 26.3 Å². The highest BCUT2D eigenvalue weighted by Crippen LogP contribution is 2.47. The quantitative estimate of drug-likeness (QED) is 0.614. The molecule has 31 heavy (non-hydrogen) atoms. The lowest BCUT2D eigenvalue weighted by Crippen LogP contribution is -2.41. The van der Waals surface area contributed by atoms with Crippen LogP contribution in [0.2, 0.25) is 0 Å². The molecular weight excluding hydrogens is 406 g/mol. The smallest absolute Gasteiger partial charge is 0.118 e. The van der Waals surface area contributed by atoms with Crippen LogP contribution in [0.4, 0.5) is 5.69 Å². The first-order valence-electron chi connectivity index (χ1n) is 10.5. The van der Waals surface area contributed by atoms with Crippen LogP contribution in [0.1, 0.15) is 34.2 Å². The first kappa shape index (κ1) is 20.1. The summed E-state index contributed by atoms with van der Waals surface area (Å²) in [5.41, 5.74) is 4.33. The number of likely N-dealkylation sites (tertiary alicyclic amines) is 1. The van der Waals surface area contributed by atoms with Gasteiger partial charge in [-0.3, -0.25) is 4.90 Å². The van der Waals surface area contributed by atoms with Gasteiger partial charge in [-0.1, -0.05) is 11.8 Å². The fraction of sp³-hybridized carbons (Fsp3) is 0.320. The van der Waals surface area contributed by atoms with Gasteiger partial charge in [0.25, 0.3) is 0 Å². The Balaban J connectivity index is 1.45. The molecule has 2 aromatic carbocycles. The van der Waals surface area contributed by atoms with Gasteiger partial charge in [-0.2, -0.15) is 0 Å². The number of aromatic nitrogens is 1. The molecule has 0 radical (unpaired) electrons. The van der Waals surface area contributed by atoms with Crippen molar-refractivity contribution in [2.75, 3.05) is 25.6 Å². The lowest BCUT2D eigenvalue weighted by atomic mass is 9.82. The van der Waals surface area contributed by atoms with Gasteiger partial charge < -0.3 is 15.2 Å². The minimum atomic E-state index is 0.0787. The minimum Gasteiger partial charge on any atom is -0.497 e. The summed E-state index contributed by atoms with van der Waals surface area (Å²) >= 11 is 1.70. The highest BCUT2D eigenvalue weighted by Gasteiger charge is 2.43. The number of aliphatic hydroxyl groups is 1. The van der Waals surface area contributed by atoms with E-state index in [1.807, 2.05) is 35.8 Å². The Morgan fingerprint density at radius 3 is 2.74 bits per heavy atom. The average molecular weight is 432 g/mol. The lowest BCUT2D eigenvalue weighted by molar-refractivity contribution is 0.172. The number of anilines is 1. The van der Waals surface area contributed by atoms with E-state index in [0.717, 1.165) is 47.1 Å². The number of nitrogens with zero attached hydrogens (tertiary/aromatic N) is 2. The van der Waals surface area contributed by atoms with Crippen LogP contribution in [0.5, 0.6) is 5.75 Å². The van der Waals surface area contributed by atoms with Crippen LogP contribution in [-0.2, 0) is 6.54 Å². The van der Waals surface area contributed by atoms with Gasteiger partial charge in [0.2, 0.25) is 0 Å². The number of hydrogen-bond acceptors (Lipinski definition) is 6. The van der Waals surface area contributed by atoms with E-state index in [1.54, 1.807) is 18.4 Å². The molecule has 1 aromatic heterocycles. The SMILES string of the molecule is COc1ccc(C#Cc2ccc3c(c2)[C@H]2[C@H](CCN2Cc2nccs2)[C@@H](CO)N3)cc1. The van der Waals surface area contributed by atoms with Crippen LogP contribution in [0.25, 0.3) is 0 Å². The number of nitrogens with one attached hydrogen (secondary N) is 1. The monoisotopic (exact) mass is 431 g/mol. The third-order valence-electron chi connectivity index (χ3n) is 6.24. The molecule has 3 heterocycles. The number of benzene rings is 2. The zero-order valence-corrected chi connectivity index (χ0v) is 18.2. The van der Waals surface area contributed by atoms with E-state index in [-0.39, 0.29) is 18.7 Å². The van der Waals surface area contributed by atoms with Crippen molar-refractivity contribution in [3.8, 4) is 17.6 Å². The molecule has 1 fully saturated rings. The Morgan fingerprint density at radius 2 is 2.00 bits per heavy atom. The molecule has 158 valence electrons. The summed E-state index contributed by atoms with van der Waals surface area (Å²) in [4.78, 5) is 6.99. The van der Waals surface area contributed by atoms with Gasteiger partial charge in [-0.15, -0.1) is 11.3 Å². The van der Waals surface area contributed by atoms with Crippen LogP contribution >= 0.6 is 11.3 Å². The second-order valence-corrected chi connectivity index (χ2v) is 8.99. The molecule has 0 saturated carbocycles. The summed E-state index contributed by atoms with van der Waals surface area (Å²) in [6, 6.07) is 14.5. The van der Waals surface area contributed by atoms with Gasteiger partial charge in [0.15, 0.2) is 0 Å². The molecule has 2 aliphatic heterocycles. The molecule has 0 amide bonds. The van der Waals surface area contributed by atoms with E-state index in [0.29, 0.717) is 5.92 Å². The maximum absolute atomic E-state index is 9.99. The van der Waals surface area contributed by atoms with E-state index >= 15 is 0 Å². The van der Waals surface area contributed by atoms with Crippen LogP contribution in [0.3, 0.4) is 0 Å². The Morgan fingerprint density at radius 1 is 1.19 bits per heavy atom. The predicted octanol–water partition coefficient (Wildman–Crippen LogP) is 3.90. The minimum absolute atomic E-state index is 0.0787. The number of aliphatic hydroxyl groups excluding tert-OH is 1. The Labute approximate surface area is 186 Å². The number of ether oxygens (including phenoxy) is 1. The molecule has 0 spiro atoms. The molecule has 0 bridgehead atoms. The van der Waals surface area contributed by atoms with Crippen molar-refractivity contribution < 1.29 is 9.84 Å². The van der Waals surface area contributed by atoms with Gasteiger partial charge >= 0.3 is 0 Å². The standard InChI is InChI=1S/C25H25N3O2S/c1-30-19-7-4-17(5-8-19)2-3-18-6-9-22-21(14-18)25-20(23(16-29)27-22)10-12-28(25)15-24-26-11-13-31-24/h4-9,11,13-14,20,23,25,27,29H,10,12,15-16H2,1H3/t20-,23-,25-/m1/s1. The second-order valence-electron chi connectivity index (χ2n) is 8.01. The van der Waals surface area contributed by atoms with E-state index < -0.39 is 0 Å². The fourth-order valence-electron chi connectivity index (χ4n) is 4.74. The van der Waals surface area contributed by atoms with Crippen LogP contribution < -0.4 is 10.1 Å². The third kappa shape index (κ3) is 4.05. The van der Waals surface area contributed by atoms with Gasteiger partial charge in [0, 0.05) is 40.4 Å². The summed E-state index contributed by atoms with van der Waals surface area (Å²) < 4.78 is 5.22. The van der Waals surface area contributed by atoms with Crippen molar-refractivity contribution in [3.63, 3.8) is 0 Å². The Kier molecular flexibility index (Phi) is 5.65. The van der Waals surface area contributed by atoms with E-state index in [1.165, 1.54) is 5.56 Å². The van der Waals surface area contributed by atoms with Crippen LogP contribution in [0, 0.1) is 17.8 Å². The molecule has 0 aliphatic carbocycles. The molecule has 3 atom stereocenters. The third-order valence-corrected chi connectivity index (χ3v) is 7.00. The van der Waals surface area contributed by atoms with E-state index in [9.17, 15) is 5.11 Å². The Hall–Kier alpha value is -2.85. The lowest BCUT2D eigenvalue weighted by Gasteiger charge is -2.39. The largest absolute Gasteiger partial charge is 0.497 e. The molecule has 0 unspecified atom stereocenters. The van der Waals surface area contributed by atoms with Gasteiger partial charge in [-0.05, 0) is 61.0 Å². The normalized spacial score (nSPS) is 22.1. The Bertz CT molecular complexity index is 1100. The zero-order valence-electron chi connectivity index (χ0n) is 17.4. The molecule has 5 nitrogen and oxygen atoms in total. The van der Waals surface area contributed by atoms with Gasteiger partial charge in [-0.25, -0.2) is 4.98 Å². The summed E-state index contributed by atoms with van der Waals surface area (Å²) in [6.45, 7) is 2.00. The zero-order chi connectivity index (χ0) is 21.2. The highest BCUT2D eigenvalue weighted by molar-refractivity contribution is 7.09. The number of thiazole rings is 1. The summed E-state index contributed by atoms with van der Waals surface area (Å²) in [6.07, 6.45) is 2.93. The number of hydrogen-bond donors (Lipinski definition) is 2. The maximum Gasteiger partial charge on any atom is 0.118 e. The van der Waals surface area contributed by atoms with Crippen molar-refractivity contribution in [1.82, 2.24) is 9.88 Å². The van der Waals surface area contributed by atoms with Crippen LogP contribution in [0.15, 0.2) is 54.0 Å². The van der Waals surface area contributed by atoms with E-state index in [4.69, 9.17) is 4.74 Å². The second kappa shape index (κ2) is 8.72. The van der Waals surface area contributed by atoms with Crippen molar-refractivity contribution in [2.24, 2.45) is 5.92 Å². The number of methoxy groups -OCH3 is 1. The number of fused-ring (bicyclic) bond motifs is 3. The van der Waals surface area contributed by atoms with Gasteiger partial charge in [0.1, 0.15) is 10.8 Å². The van der Waals surface area contributed by atoms with Crippen molar-refractivity contribution >= 4 is 17.0 Å². The fourth-order valence-corrected chi connectivity index (χ4v) is 5.38. The predicted molar refractivity (Wildman–Crippen MR) is 123 cm³/mol. The molecule has 2 aliphatic rings. The molecule has 5 rings (SSSR count).